The predicted octanol–water partition coefficient (Wildman–Crippen LogP) is 4.05. The normalized spacial score (nSPS) is 15.3. The molecular formula is C36H46N6O8S2. The molecule has 16 heteroatoms. The first kappa shape index (κ1) is 39.0. The molecule has 3 atom stereocenters. The van der Waals surface area contributed by atoms with Crippen LogP contribution in [0.15, 0.2) is 81.0 Å². The summed E-state index contributed by atoms with van der Waals surface area (Å²) in [5.74, 6) is -1.19. The first-order valence-electron chi connectivity index (χ1n) is 17.2. The van der Waals surface area contributed by atoms with Gasteiger partial charge in [-0.2, -0.15) is 9.21 Å². The van der Waals surface area contributed by atoms with Crippen molar-refractivity contribution in [2.24, 2.45) is 17.0 Å². The fourth-order valence-electron chi connectivity index (χ4n) is 6.34. The van der Waals surface area contributed by atoms with Gasteiger partial charge < -0.3 is 20.3 Å². The summed E-state index contributed by atoms with van der Waals surface area (Å²) < 4.78 is 36.7. The molecule has 0 aliphatic heterocycles. The van der Waals surface area contributed by atoms with Gasteiger partial charge in [0.15, 0.2) is 0 Å². The Morgan fingerprint density at radius 3 is 2.46 bits per heavy atom. The molecule has 0 saturated heterocycles. The first-order valence-corrected chi connectivity index (χ1v) is 19.6. The molecule has 0 bridgehead atoms. The summed E-state index contributed by atoms with van der Waals surface area (Å²) in [5.41, 5.74) is 1.32. The van der Waals surface area contributed by atoms with E-state index in [2.05, 4.69) is 15.5 Å². The van der Waals surface area contributed by atoms with E-state index in [1.54, 1.807) is 38.5 Å². The van der Waals surface area contributed by atoms with Crippen molar-refractivity contribution in [2.45, 2.75) is 82.3 Å². The van der Waals surface area contributed by atoms with Crippen molar-refractivity contribution in [2.75, 3.05) is 20.2 Å². The number of nitrogens with one attached hydrogen (secondary N) is 1. The van der Waals surface area contributed by atoms with E-state index in [4.69, 9.17) is 4.74 Å². The fourth-order valence-corrected chi connectivity index (χ4v) is 8.63. The van der Waals surface area contributed by atoms with Crippen LogP contribution in [0.25, 0.3) is 0 Å². The third-order valence-corrected chi connectivity index (χ3v) is 12.1. The monoisotopic (exact) mass is 754 g/mol. The molecule has 1 amide bonds. The number of rotatable bonds is 19. The number of aliphatic hydroxyl groups is 1. The zero-order valence-electron chi connectivity index (χ0n) is 29.5. The number of hydrogen-bond donors (Lipinski definition) is 3. The number of benzene rings is 2. The molecule has 280 valence electrons. The van der Waals surface area contributed by atoms with E-state index in [-0.39, 0.29) is 49.3 Å². The number of carbonyl (C=O) groups is 1. The summed E-state index contributed by atoms with van der Waals surface area (Å²) in [6, 6.07) is 13.1. The van der Waals surface area contributed by atoms with Crippen LogP contribution in [0.2, 0.25) is 0 Å². The van der Waals surface area contributed by atoms with Gasteiger partial charge in [0, 0.05) is 25.6 Å². The van der Waals surface area contributed by atoms with Crippen LogP contribution in [0.4, 0.5) is 0 Å². The molecule has 2 aromatic heterocycles. The average Bonchev–Trinajstić information content (AvgIpc) is 3.65. The van der Waals surface area contributed by atoms with Crippen LogP contribution in [-0.4, -0.2) is 75.3 Å². The maximum Gasteiger partial charge on any atom is 0.332 e. The zero-order valence-corrected chi connectivity index (χ0v) is 31.1. The number of ether oxygens (including phenoxy) is 1. The van der Waals surface area contributed by atoms with Gasteiger partial charge in [-0.25, -0.2) is 18.2 Å². The lowest BCUT2D eigenvalue weighted by molar-refractivity contribution is -0.127. The minimum absolute atomic E-state index is 0.0122. The fraction of sp³-hybridized carbons (Fsp3) is 0.472. The summed E-state index contributed by atoms with van der Waals surface area (Å²) >= 11 is 1.37. The van der Waals surface area contributed by atoms with E-state index in [9.17, 15) is 33.1 Å². The standard InChI is InChI=1S/C36H46N6O8S2/c1-24(2)34(42-21-33(44)41(36(42)46)19-28-23-51-32(38-28)22-50-3)35(45)39-30(16-25-8-5-4-6-9-25)31(43)20-40(18-27-10-7-11-27)52(48,49)29-14-12-26(13-15-29)17-37-47/h4-6,8-9,12-15,21,23-24,27,30-31,34,43-44H,7,10-11,16-20,22H2,1-3H3,(H,39,45)/t30-,31+,34-/m0/s1. The lowest BCUT2D eigenvalue weighted by atomic mass is 9.85. The molecule has 1 fully saturated rings. The molecule has 2 aromatic carbocycles. The van der Waals surface area contributed by atoms with Crippen LogP contribution >= 0.6 is 11.3 Å². The Hall–Kier alpha value is -4.22. The van der Waals surface area contributed by atoms with Gasteiger partial charge in [-0.3, -0.25) is 13.9 Å². The Balaban J connectivity index is 1.41. The molecule has 0 spiro atoms. The average molecular weight is 755 g/mol. The molecule has 1 saturated carbocycles. The van der Waals surface area contributed by atoms with Gasteiger partial charge >= 0.3 is 5.69 Å². The zero-order chi connectivity index (χ0) is 37.4. The molecule has 2 heterocycles. The first-order chi connectivity index (χ1) is 24.9. The minimum Gasteiger partial charge on any atom is -0.493 e. The van der Waals surface area contributed by atoms with Gasteiger partial charge in [0.1, 0.15) is 17.6 Å². The maximum absolute atomic E-state index is 14.2. The van der Waals surface area contributed by atoms with Crippen LogP contribution < -0.4 is 11.0 Å². The number of nitrogens with zero attached hydrogens (tertiary/aromatic N) is 5. The van der Waals surface area contributed by atoms with Gasteiger partial charge in [-0.1, -0.05) is 67.9 Å². The molecule has 14 nitrogen and oxygen atoms in total. The van der Waals surface area contributed by atoms with Crippen LogP contribution in [0.5, 0.6) is 5.88 Å². The highest BCUT2D eigenvalue weighted by atomic mass is 32.2. The number of methoxy groups -OCH3 is 1. The Bertz CT molecular complexity index is 1960. The number of nitroso groups, excluding NO2 is 1. The van der Waals surface area contributed by atoms with E-state index in [1.807, 2.05) is 30.3 Å². The molecule has 3 N–H and O–H groups in total. The van der Waals surface area contributed by atoms with Gasteiger partial charge in [-0.15, -0.1) is 11.3 Å². The molecule has 4 aromatic rings. The number of hydrogen-bond acceptors (Lipinski definition) is 11. The second kappa shape index (κ2) is 17.5. The summed E-state index contributed by atoms with van der Waals surface area (Å²) in [6.45, 7) is 3.67. The van der Waals surface area contributed by atoms with Crippen molar-refractivity contribution in [1.82, 2.24) is 23.7 Å². The molecular weight excluding hydrogens is 709 g/mol. The molecule has 52 heavy (non-hydrogen) atoms. The third kappa shape index (κ3) is 9.41. The predicted molar refractivity (Wildman–Crippen MR) is 196 cm³/mol. The summed E-state index contributed by atoms with van der Waals surface area (Å²) in [6.07, 6.45) is 2.78. The van der Waals surface area contributed by atoms with Crippen molar-refractivity contribution < 1.29 is 28.2 Å². The van der Waals surface area contributed by atoms with Crippen molar-refractivity contribution >= 4 is 27.3 Å². The van der Waals surface area contributed by atoms with Gasteiger partial charge in [0.2, 0.25) is 21.8 Å². The highest BCUT2D eigenvalue weighted by molar-refractivity contribution is 7.89. The molecule has 5 rings (SSSR count). The van der Waals surface area contributed by atoms with Gasteiger partial charge in [-0.05, 0) is 54.4 Å². The number of carbonyl (C=O) groups excluding carboxylic acids is 1. The van der Waals surface area contributed by atoms with Crippen LogP contribution in [-0.2, 0) is 45.7 Å². The summed E-state index contributed by atoms with van der Waals surface area (Å²) in [4.78, 5) is 43.0. The summed E-state index contributed by atoms with van der Waals surface area (Å²) in [5, 5.41) is 30.9. The van der Waals surface area contributed by atoms with Crippen LogP contribution in [0, 0.1) is 16.7 Å². The Kier molecular flexibility index (Phi) is 13.1. The lowest BCUT2D eigenvalue weighted by Gasteiger charge is -2.35. The smallest absolute Gasteiger partial charge is 0.332 e. The molecule has 0 radical (unpaired) electrons. The van der Waals surface area contributed by atoms with Crippen molar-refractivity contribution in [3.63, 3.8) is 0 Å². The van der Waals surface area contributed by atoms with E-state index in [1.165, 1.54) is 38.5 Å². The van der Waals surface area contributed by atoms with E-state index in [0.29, 0.717) is 17.9 Å². The van der Waals surface area contributed by atoms with Crippen LogP contribution in [0.3, 0.4) is 0 Å². The molecule has 1 aliphatic rings. The molecule has 0 unspecified atom stereocenters. The number of aliphatic hydroxyl groups excluding tert-OH is 1. The number of sulfonamides is 1. The van der Waals surface area contributed by atoms with Crippen molar-refractivity contribution in [3.8, 4) is 5.88 Å². The number of aromatic hydroxyl groups is 1. The quantitative estimate of drug-likeness (QED) is 0.119. The highest BCUT2D eigenvalue weighted by Crippen LogP contribution is 2.30. The highest BCUT2D eigenvalue weighted by Gasteiger charge is 2.36. The van der Waals surface area contributed by atoms with Crippen LogP contribution in [0.1, 0.15) is 61.0 Å². The van der Waals surface area contributed by atoms with Crippen molar-refractivity contribution in [1.29, 1.82) is 0 Å². The Morgan fingerprint density at radius 2 is 1.85 bits per heavy atom. The second-order valence-corrected chi connectivity index (χ2v) is 16.4. The lowest BCUT2D eigenvalue weighted by Crippen LogP contribution is -2.53. The SMILES string of the molecule is COCc1nc(Cn2c(O)cn([C@H](C(=O)N[C@@H](Cc3ccccc3)[C@H](O)CN(CC3CCC3)S(=O)(=O)c3ccc(CN=O)cc3)C(C)C)c2=O)cs1. The number of aromatic nitrogens is 3. The topological polar surface area (TPSA) is 185 Å². The largest absolute Gasteiger partial charge is 0.493 e. The summed E-state index contributed by atoms with van der Waals surface area (Å²) in [7, 11) is -2.52. The second-order valence-electron chi connectivity index (χ2n) is 13.5. The van der Waals surface area contributed by atoms with E-state index >= 15 is 0 Å². The minimum atomic E-state index is -4.08. The van der Waals surface area contributed by atoms with Gasteiger partial charge in [0.05, 0.1) is 42.1 Å². The third-order valence-electron chi connectivity index (χ3n) is 9.35. The maximum atomic E-state index is 14.2. The van der Waals surface area contributed by atoms with Gasteiger partial charge in [0.25, 0.3) is 0 Å². The molecule has 1 aliphatic carbocycles. The van der Waals surface area contributed by atoms with E-state index in [0.717, 1.165) is 34.4 Å². The van der Waals surface area contributed by atoms with E-state index < -0.39 is 45.7 Å². The Morgan fingerprint density at radius 1 is 1.13 bits per heavy atom. The number of amides is 1. The van der Waals surface area contributed by atoms with Crippen molar-refractivity contribution in [3.05, 3.63) is 103 Å². The Labute approximate surface area is 307 Å². The number of imidazole rings is 1. The number of thiazole rings is 1.